The predicted molar refractivity (Wildman–Crippen MR) is 123 cm³/mol. The van der Waals surface area contributed by atoms with Crippen LogP contribution in [0.4, 0.5) is 5.69 Å². The van der Waals surface area contributed by atoms with Crippen molar-refractivity contribution in [3.05, 3.63) is 52.5 Å². The Morgan fingerprint density at radius 3 is 2.10 bits per heavy atom. The zero-order valence-corrected chi connectivity index (χ0v) is 19.3. The first kappa shape index (κ1) is 23.0. The number of anilines is 1. The van der Waals surface area contributed by atoms with E-state index in [9.17, 15) is 4.79 Å². The van der Waals surface area contributed by atoms with Crippen LogP contribution in [0.25, 0.3) is 11.3 Å². The number of methoxy groups -OCH3 is 3. The minimum Gasteiger partial charge on any atom is -0.493 e. The maximum absolute atomic E-state index is 12.2. The third kappa shape index (κ3) is 5.94. The van der Waals surface area contributed by atoms with Crippen LogP contribution in [0.5, 0.6) is 17.2 Å². The van der Waals surface area contributed by atoms with E-state index in [0.717, 1.165) is 5.56 Å². The Morgan fingerprint density at radius 2 is 1.58 bits per heavy atom. The van der Waals surface area contributed by atoms with Gasteiger partial charge in [0.1, 0.15) is 5.03 Å². The van der Waals surface area contributed by atoms with Crippen molar-refractivity contribution in [3.63, 3.8) is 0 Å². The summed E-state index contributed by atoms with van der Waals surface area (Å²) < 4.78 is 16.1. The monoisotopic (exact) mass is 479 g/mol. The highest BCUT2D eigenvalue weighted by Crippen LogP contribution is 2.40. The molecule has 0 bridgehead atoms. The van der Waals surface area contributed by atoms with Crippen molar-refractivity contribution >= 4 is 46.6 Å². The van der Waals surface area contributed by atoms with Crippen LogP contribution in [0.3, 0.4) is 0 Å². The first-order valence-corrected chi connectivity index (χ1v) is 10.7. The molecule has 0 aliphatic carbocycles. The number of nitrogens with zero attached hydrogens (tertiary/aromatic N) is 2. The predicted octanol–water partition coefficient (Wildman–Crippen LogP) is 5.21. The Morgan fingerprint density at radius 1 is 0.935 bits per heavy atom. The number of hydrogen-bond donors (Lipinski definition) is 1. The maximum Gasteiger partial charge on any atom is 0.234 e. The average Bonchev–Trinajstić information content (AvgIpc) is 2.76. The molecule has 0 fully saturated rings. The molecule has 0 saturated heterocycles. The molecule has 3 aromatic rings. The first-order chi connectivity index (χ1) is 14.9. The lowest BCUT2D eigenvalue weighted by Gasteiger charge is -2.13. The SMILES string of the molecule is COc1cc(-c2ccc(SCC(=O)Nc3cc(Cl)cc(Cl)c3)nn2)cc(OC)c1OC. The Balaban J connectivity index is 1.67. The Bertz CT molecular complexity index is 1040. The number of carbonyl (C=O) groups excluding carboxylic acids is 1. The summed E-state index contributed by atoms with van der Waals surface area (Å²) in [6, 6.07) is 12.0. The fourth-order valence-electron chi connectivity index (χ4n) is 2.74. The topological polar surface area (TPSA) is 82.6 Å². The highest BCUT2D eigenvalue weighted by Gasteiger charge is 2.15. The first-order valence-electron chi connectivity index (χ1n) is 8.96. The Labute approximate surface area is 194 Å². The zero-order valence-electron chi connectivity index (χ0n) is 16.9. The second-order valence-corrected chi connectivity index (χ2v) is 8.03. The normalized spacial score (nSPS) is 10.5. The van der Waals surface area contributed by atoms with Crippen molar-refractivity contribution < 1.29 is 19.0 Å². The van der Waals surface area contributed by atoms with Gasteiger partial charge in [-0.1, -0.05) is 35.0 Å². The number of amides is 1. The third-order valence-electron chi connectivity index (χ3n) is 4.10. The summed E-state index contributed by atoms with van der Waals surface area (Å²) in [6.07, 6.45) is 0. The van der Waals surface area contributed by atoms with E-state index >= 15 is 0 Å². The van der Waals surface area contributed by atoms with Crippen molar-refractivity contribution in [1.82, 2.24) is 10.2 Å². The molecular formula is C21H19Cl2N3O4S. The van der Waals surface area contributed by atoms with E-state index in [1.54, 1.807) is 57.7 Å². The second-order valence-electron chi connectivity index (χ2n) is 6.17. The molecule has 1 N–H and O–H groups in total. The fourth-order valence-corrected chi connectivity index (χ4v) is 3.88. The van der Waals surface area contributed by atoms with Crippen LogP contribution in [0.1, 0.15) is 0 Å². The van der Waals surface area contributed by atoms with E-state index in [1.807, 2.05) is 6.07 Å². The third-order valence-corrected chi connectivity index (χ3v) is 5.45. The molecule has 0 saturated carbocycles. The van der Waals surface area contributed by atoms with Gasteiger partial charge in [0.25, 0.3) is 0 Å². The van der Waals surface area contributed by atoms with Crippen LogP contribution in [0.15, 0.2) is 47.5 Å². The molecule has 7 nitrogen and oxygen atoms in total. The molecule has 0 aliphatic rings. The van der Waals surface area contributed by atoms with Gasteiger partial charge < -0.3 is 19.5 Å². The maximum atomic E-state index is 12.2. The minimum absolute atomic E-state index is 0.155. The van der Waals surface area contributed by atoms with Crippen molar-refractivity contribution in [2.75, 3.05) is 32.4 Å². The summed E-state index contributed by atoms with van der Waals surface area (Å²) in [5, 5.41) is 12.7. The number of thioether (sulfide) groups is 1. The van der Waals surface area contributed by atoms with Gasteiger partial charge in [-0.15, -0.1) is 10.2 Å². The Hall–Kier alpha value is -2.68. The van der Waals surface area contributed by atoms with Gasteiger partial charge in [0.05, 0.1) is 32.8 Å². The number of rotatable bonds is 8. The smallest absolute Gasteiger partial charge is 0.234 e. The van der Waals surface area contributed by atoms with Gasteiger partial charge in [0.15, 0.2) is 11.5 Å². The summed E-state index contributed by atoms with van der Waals surface area (Å²) in [5.74, 6) is 1.49. The number of carbonyl (C=O) groups is 1. The number of halogens is 2. The van der Waals surface area contributed by atoms with Crippen LogP contribution < -0.4 is 19.5 Å². The van der Waals surface area contributed by atoms with Gasteiger partial charge in [-0.3, -0.25) is 4.79 Å². The van der Waals surface area contributed by atoms with Gasteiger partial charge in [0, 0.05) is 21.3 Å². The molecule has 1 aromatic heterocycles. The highest BCUT2D eigenvalue weighted by atomic mass is 35.5. The number of ether oxygens (including phenoxy) is 3. The lowest BCUT2D eigenvalue weighted by molar-refractivity contribution is -0.113. The van der Waals surface area contributed by atoms with Gasteiger partial charge in [-0.05, 0) is 42.5 Å². The summed E-state index contributed by atoms with van der Waals surface area (Å²) >= 11 is 13.2. The van der Waals surface area contributed by atoms with Gasteiger partial charge in [-0.25, -0.2) is 0 Å². The van der Waals surface area contributed by atoms with Crippen LogP contribution in [-0.4, -0.2) is 43.2 Å². The van der Waals surface area contributed by atoms with Crippen molar-refractivity contribution in [2.45, 2.75) is 5.03 Å². The van der Waals surface area contributed by atoms with Gasteiger partial charge >= 0.3 is 0 Å². The van der Waals surface area contributed by atoms with E-state index < -0.39 is 0 Å². The lowest BCUT2D eigenvalue weighted by atomic mass is 10.1. The molecule has 162 valence electrons. The van der Waals surface area contributed by atoms with E-state index in [4.69, 9.17) is 37.4 Å². The minimum atomic E-state index is -0.209. The molecule has 10 heteroatoms. The molecule has 1 amide bonds. The van der Waals surface area contributed by atoms with E-state index in [0.29, 0.717) is 43.7 Å². The van der Waals surface area contributed by atoms with Crippen molar-refractivity contribution in [3.8, 4) is 28.5 Å². The lowest BCUT2D eigenvalue weighted by Crippen LogP contribution is -2.14. The Kier molecular flexibility index (Phi) is 7.84. The molecule has 0 spiro atoms. The molecule has 3 rings (SSSR count). The van der Waals surface area contributed by atoms with Crippen molar-refractivity contribution in [1.29, 1.82) is 0 Å². The number of benzene rings is 2. The molecule has 31 heavy (non-hydrogen) atoms. The van der Waals surface area contributed by atoms with E-state index in [-0.39, 0.29) is 11.7 Å². The fraction of sp³-hybridized carbons (Fsp3) is 0.190. The number of nitrogens with one attached hydrogen (secondary N) is 1. The molecule has 2 aromatic carbocycles. The number of aromatic nitrogens is 2. The quantitative estimate of drug-likeness (QED) is 0.444. The van der Waals surface area contributed by atoms with Gasteiger partial charge in [0.2, 0.25) is 11.7 Å². The zero-order chi connectivity index (χ0) is 22.4. The molecule has 0 aliphatic heterocycles. The largest absolute Gasteiger partial charge is 0.493 e. The molecule has 0 radical (unpaired) electrons. The molecule has 1 heterocycles. The highest BCUT2D eigenvalue weighted by molar-refractivity contribution is 7.99. The molecule has 0 atom stereocenters. The molecular weight excluding hydrogens is 461 g/mol. The van der Waals surface area contributed by atoms with Crippen LogP contribution in [-0.2, 0) is 4.79 Å². The van der Waals surface area contributed by atoms with E-state index in [1.165, 1.54) is 11.8 Å². The van der Waals surface area contributed by atoms with Crippen LogP contribution >= 0.6 is 35.0 Å². The summed E-state index contributed by atoms with van der Waals surface area (Å²) in [5.41, 5.74) is 1.92. The average molecular weight is 480 g/mol. The standard InChI is InChI=1S/C21H19Cl2N3O4S/c1-28-17-6-12(7-18(29-2)21(17)30-3)16-4-5-20(26-25-16)31-11-19(27)24-15-9-13(22)8-14(23)10-15/h4-10H,11H2,1-3H3,(H,24,27). The summed E-state index contributed by atoms with van der Waals surface area (Å²) in [4.78, 5) is 12.2. The molecule has 0 unspecified atom stereocenters. The van der Waals surface area contributed by atoms with Crippen molar-refractivity contribution in [2.24, 2.45) is 0 Å². The van der Waals surface area contributed by atoms with Gasteiger partial charge in [-0.2, -0.15) is 0 Å². The second kappa shape index (κ2) is 10.6. The summed E-state index contributed by atoms with van der Waals surface area (Å²) in [6.45, 7) is 0. The summed E-state index contributed by atoms with van der Waals surface area (Å²) in [7, 11) is 4.65. The van der Waals surface area contributed by atoms with Crippen LogP contribution in [0.2, 0.25) is 10.0 Å². The number of hydrogen-bond acceptors (Lipinski definition) is 7. The van der Waals surface area contributed by atoms with E-state index in [2.05, 4.69) is 15.5 Å². The van der Waals surface area contributed by atoms with Crippen LogP contribution in [0, 0.1) is 0 Å².